The maximum absolute atomic E-state index is 12.1. The molecule has 0 aliphatic carbocycles. The zero-order valence-corrected chi connectivity index (χ0v) is 9.59. The van der Waals surface area contributed by atoms with Gasteiger partial charge in [-0.05, 0) is 11.6 Å². The van der Waals surface area contributed by atoms with Gasteiger partial charge < -0.3 is 15.2 Å². The second-order valence-corrected chi connectivity index (χ2v) is 4.09. The van der Waals surface area contributed by atoms with E-state index in [0.717, 1.165) is 11.3 Å². The molecule has 1 atom stereocenters. The highest BCUT2D eigenvalue weighted by molar-refractivity contribution is 5.88. The van der Waals surface area contributed by atoms with Crippen molar-refractivity contribution in [2.45, 2.75) is 12.5 Å². The van der Waals surface area contributed by atoms with E-state index in [1.807, 2.05) is 24.3 Å². The van der Waals surface area contributed by atoms with E-state index in [4.69, 9.17) is 0 Å². The van der Waals surface area contributed by atoms with Crippen LogP contribution in [0.2, 0.25) is 0 Å². The van der Waals surface area contributed by atoms with Crippen LogP contribution in [0.4, 0.5) is 5.69 Å². The van der Waals surface area contributed by atoms with E-state index >= 15 is 0 Å². The molecule has 0 saturated heterocycles. The van der Waals surface area contributed by atoms with Gasteiger partial charge in [0.2, 0.25) is 12.3 Å². The van der Waals surface area contributed by atoms with Gasteiger partial charge in [0, 0.05) is 12.2 Å². The van der Waals surface area contributed by atoms with Crippen LogP contribution < -0.4 is 10.6 Å². The van der Waals surface area contributed by atoms with E-state index in [1.165, 1.54) is 6.39 Å². The predicted molar refractivity (Wildman–Crippen MR) is 63.8 cm³/mol. The number of nitrogens with one attached hydrogen (secondary N) is 2. The second-order valence-electron chi connectivity index (χ2n) is 4.09. The molecule has 2 aromatic rings. The first kappa shape index (κ1) is 10.8. The van der Waals surface area contributed by atoms with Crippen molar-refractivity contribution >= 4 is 11.6 Å². The third kappa shape index (κ3) is 1.92. The van der Waals surface area contributed by atoms with Gasteiger partial charge in [0.1, 0.15) is 0 Å². The fourth-order valence-electron chi connectivity index (χ4n) is 2.08. The van der Waals surface area contributed by atoms with Crippen molar-refractivity contribution in [3.8, 4) is 0 Å². The van der Waals surface area contributed by atoms with E-state index in [0.29, 0.717) is 12.4 Å². The maximum atomic E-state index is 12.1. The average Bonchev–Trinajstić information content (AvgIpc) is 3.05. The molecule has 1 aliphatic rings. The fraction of sp³-hybridized carbons (Fsp3) is 0.250. The molecule has 1 aromatic heterocycles. The van der Waals surface area contributed by atoms with Crippen molar-refractivity contribution in [2.24, 2.45) is 0 Å². The van der Waals surface area contributed by atoms with Gasteiger partial charge in [0.05, 0.1) is 12.5 Å². The lowest BCUT2D eigenvalue weighted by Gasteiger charge is -2.09. The third-order valence-corrected chi connectivity index (χ3v) is 2.98. The van der Waals surface area contributed by atoms with Crippen LogP contribution in [0, 0.1) is 0 Å². The normalized spacial score (nSPS) is 17.0. The molecule has 6 nitrogen and oxygen atoms in total. The summed E-state index contributed by atoms with van der Waals surface area (Å²) in [6.45, 7) is 0.908. The van der Waals surface area contributed by atoms with Crippen LogP contribution in [0.5, 0.6) is 0 Å². The lowest BCUT2D eigenvalue weighted by Crippen LogP contribution is -2.30. The highest BCUT2D eigenvalue weighted by atomic mass is 16.5. The smallest absolute Gasteiger partial charge is 0.229 e. The number of para-hydroxylation sites is 1. The minimum atomic E-state index is -0.159. The zero-order chi connectivity index (χ0) is 12.4. The summed E-state index contributed by atoms with van der Waals surface area (Å²) in [6, 6.07) is 7.83. The summed E-state index contributed by atoms with van der Waals surface area (Å²) in [7, 11) is 0. The molecule has 0 bridgehead atoms. The Morgan fingerprint density at radius 3 is 3.22 bits per heavy atom. The van der Waals surface area contributed by atoms with Crippen LogP contribution >= 0.6 is 0 Å². The summed E-state index contributed by atoms with van der Waals surface area (Å²) in [5.41, 5.74) is 2.06. The van der Waals surface area contributed by atoms with E-state index in [2.05, 4.69) is 25.3 Å². The first-order valence-corrected chi connectivity index (χ1v) is 5.70. The van der Waals surface area contributed by atoms with Crippen LogP contribution in [0.25, 0.3) is 0 Å². The fourth-order valence-corrected chi connectivity index (χ4v) is 2.08. The Balaban J connectivity index is 1.67. The first-order chi connectivity index (χ1) is 8.84. The maximum Gasteiger partial charge on any atom is 0.229 e. The zero-order valence-electron chi connectivity index (χ0n) is 9.59. The van der Waals surface area contributed by atoms with Crippen molar-refractivity contribution in [1.29, 1.82) is 0 Å². The second kappa shape index (κ2) is 4.48. The molecule has 1 aromatic carbocycles. The van der Waals surface area contributed by atoms with E-state index in [-0.39, 0.29) is 18.4 Å². The topological polar surface area (TPSA) is 80.1 Å². The van der Waals surface area contributed by atoms with Crippen LogP contribution in [0.15, 0.2) is 35.2 Å². The predicted octanol–water partition coefficient (Wildman–Crippen LogP) is 0.895. The molecule has 92 valence electrons. The monoisotopic (exact) mass is 244 g/mol. The Hall–Kier alpha value is -2.37. The van der Waals surface area contributed by atoms with Crippen LogP contribution in [0.3, 0.4) is 0 Å². The summed E-state index contributed by atoms with van der Waals surface area (Å²) in [4.78, 5) is 15.9. The van der Waals surface area contributed by atoms with Gasteiger partial charge in [0.15, 0.2) is 5.82 Å². The van der Waals surface area contributed by atoms with E-state index in [9.17, 15) is 4.79 Å². The van der Waals surface area contributed by atoms with Crippen LogP contribution in [-0.2, 0) is 11.3 Å². The summed E-state index contributed by atoms with van der Waals surface area (Å²) in [5, 5.41) is 9.66. The van der Waals surface area contributed by atoms with Crippen molar-refractivity contribution in [2.75, 3.05) is 11.9 Å². The number of amides is 1. The Morgan fingerprint density at radius 1 is 1.50 bits per heavy atom. The van der Waals surface area contributed by atoms with Crippen LogP contribution in [-0.4, -0.2) is 22.6 Å². The van der Waals surface area contributed by atoms with Gasteiger partial charge in [-0.2, -0.15) is 4.98 Å². The van der Waals surface area contributed by atoms with Crippen molar-refractivity contribution in [1.82, 2.24) is 15.5 Å². The molecule has 3 rings (SSSR count). The Morgan fingerprint density at radius 2 is 2.39 bits per heavy atom. The Kier molecular flexibility index (Phi) is 2.68. The van der Waals surface area contributed by atoms with E-state index in [1.54, 1.807) is 0 Å². The molecule has 0 spiro atoms. The summed E-state index contributed by atoms with van der Waals surface area (Å²) < 4.78 is 4.60. The van der Waals surface area contributed by atoms with Gasteiger partial charge in [-0.1, -0.05) is 23.4 Å². The number of aromatic nitrogens is 2. The largest absolute Gasteiger partial charge is 0.384 e. The lowest BCUT2D eigenvalue weighted by molar-refractivity contribution is -0.122. The number of hydrogen-bond acceptors (Lipinski definition) is 5. The number of fused-ring (bicyclic) bond motifs is 1. The van der Waals surface area contributed by atoms with Gasteiger partial charge in [-0.3, -0.25) is 4.79 Å². The number of hydrogen-bond donors (Lipinski definition) is 2. The number of rotatable bonds is 3. The molecule has 18 heavy (non-hydrogen) atoms. The Bertz CT molecular complexity index is 553. The SMILES string of the molecule is O=C(NCc1ncon1)C1CNc2ccccc21. The minimum absolute atomic E-state index is 0.0303. The molecular formula is C12H12N4O2. The van der Waals surface area contributed by atoms with Gasteiger partial charge in [-0.25, -0.2) is 0 Å². The van der Waals surface area contributed by atoms with Gasteiger partial charge >= 0.3 is 0 Å². The molecule has 1 amide bonds. The minimum Gasteiger partial charge on any atom is -0.384 e. The molecular weight excluding hydrogens is 232 g/mol. The molecule has 0 radical (unpaired) electrons. The number of benzene rings is 1. The molecule has 6 heteroatoms. The summed E-state index contributed by atoms with van der Waals surface area (Å²) >= 11 is 0. The van der Waals surface area contributed by atoms with Gasteiger partial charge in [-0.15, -0.1) is 0 Å². The molecule has 0 fully saturated rings. The molecule has 0 saturated carbocycles. The molecule has 1 aliphatic heterocycles. The summed E-state index contributed by atoms with van der Waals surface area (Å²) in [5.74, 6) is 0.285. The first-order valence-electron chi connectivity index (χ1n) is 5.70. The standard InChI is InChI=1S/C12H12N4O2/c17-12(14-6-11-15-7-18-16-11)9-5-13-10-4-2-1-3-8(9)10/h1-4,7,9,13H,5-6H2,(H,14,17). The number of carbonyl (C=O) groups is 1. The van der Waals surface area contributed by atoms with Crippen molar-refractivity contribution in [3.63, 3.8) is 0 Å². The van der Waals surface area contributed by atoms with Crippen molar-refractivity contribution < 1.29 is 9.32 Å². The number of anilines is 1. The van der Waals surface area contributed by atoms with Crippen LogP contribution in [0.1, 0.15) is 17.3 Å². The number of nitrogens with zero attached hydrogens (tertiary/aromatic N) is 2. The van der Waals surface area contributed by atoms with Crippen molar-refractivity contribution in [3.05, 3.63) is 42.0 Å². The molecule has 1 unspecified atom stereocenters. The third-order valence-electron chi connectivity index (χ3n) is 2.98. The highest BCUT2D eigenvalue weighted by Crippen LogP contribution is 2.30. The van der Waals surface area contributed by atoms with E-state index < -0.39 is 0 Å². The quantitative estimate of drug-likeness (QED) is 0.838. The average molecular weight is 244 g/mol. The summed E-state index contributed by atoms with van der Waals surface area (Å²) in [6.07, 6.45) is 1.24. The molecule has 2 heterocycles. The molecule has 2 N–H and O–H groups in total. The van der Waals surface area contributed by atoms with Gasteiger partial charge in [0.25, 0.3) is 0 Å². The number of carbonyl (C=O) groups excluding carboxylic acids is 1. The Labute approximate surface area is 103 Å². The highest BCUT2D eigenvalue weighted by Gasteiger charge is 2.27. The lowest BCUT2D eigenvalue weighted by atomic mass is 10.0.